The first-order chi connectivity index (χ1) is 7.45. The lowest BCUT2D eigenvalue weighted by molar-refractivity contribution is -0.151. The van der Waals surface area contributed by atoms with Gasteiger partial charge in [0.05, 0.1) is 19.3 Å². The van der Waals surface area contributed by atoms with Crippen molar-refractivity contribution < 1.29 is 24.5 Å². The zero-order valence-electron chi connectivity index (χ0n) is 10.6. The molecule has 98 valence electrons. The van der Waals surface area contributed by atoms with Crippen molar-refractivity contribution in [2.45, 2.75) is 46.3 Å². The van der Waals surface area contributed by atoms with E-state index in [2.05, 4.69) is 4.74 Å². The van der Waals surface area contributed by atoms with Crippen LogP contribution in [0.2, 0.25) is 0 Å². The summed E-state index contributed by atoms with van der Waals surface area (Å²) in [6.07, 6.45) is -0.288. The zero-order chi connectivity index (χ0) is 13.0. The molecule has 2 N–H and O–H groups in total. The minimum Gasteiger partial charge on any atom is -0.464 e. The fraction of sp³-hybridized carbons (Fsp3) is 0.909. The van der Waals surface area contributed by atoms with E-state index in [1.54, 1.807) is 13.8 Å². The molecule has 0 aliphatic rings. The lowest BCUT2D eigenvalue weighted by atomic mass is 10.4. The van der Waals surface area contributed by atoms with Crippen LogP contribution in [-0.4, -0.2) is 48.2 Å². The van der Waals surface area contributed by atoms with Crippen molar-refractivity contribution in [3.63, 3.8) is 0 Å². The Morgan fingerprint density at radius 1 is 1.25 bits per heavy atom. The third-order valence-corrected chi connectivity index (χ3v) is 1.34. The van der Waals surface area contributed by atoms with Crippen molar-refractivity contribution in [1.29, 1.82) is 0 Å². The molecule has 0 radical (unpaired) electrons. The molecule has 0 spiro atoms. The van der Waals surface area contributed by atoms with Gasteiger partial charge >= 0.3 is 5.97 Å². The molecule has 0 aliphatic heterocycles. The molecular formula is C11H24O5. The van der Waals surface area contributed by atoms with Crippen LogP contribution in [0, 0.1) is 0 Å². The summed E-state index contributed by atoms with van der Waals surface area (Å²) in [4.78, 5) is 10.3. The number of esters is 1. The first-order valence-corrected chi connectivity index (χ1v) is 5.56. The van der Waals surface area contributed by atoms with Gasteiger partial charge in [-0.2, -0.15) is 0 Å². The molecule has 0 aromatic carbocycles. The van der Waals surface area contributed by atoms with Crippen molar-refractivity contribution in [3.8, 4) is 0 Å². The Morgan fingerprint density at radius 3 is 2.06 bits per heavy atom. The first kappa shape index (κ1) is 17.7. The van der Waals surface area contributed by atoms with Gasteiger partial charge in [-0.3, -0.25) is 0 Å². The van der Waals surface area contributed by atoms with Crippen molar-refractivity contribution in [2.24, 2.45) is 0 Å². The maximum atomic E-state index is 10.3. The normalized spacial score (nSPS) is 13.4. The van der Waals surface area contributed by atoms with Gasteiger partial charge in [0.1, 0.15) is 6.10 Å². The molecule has 0 aromatic rings. The third kappa shape index (κ3) is 15.8. The molecule has 5 nitrogen and oxygen atoms in total. The molecular weight excluding hydrogens is 212 g/mol. The van der Waals surface area contributed by atoms with Crippen LogP contribution < -0.4 is 0 Å². The van der Waals surface area contributed by atoms with E-state index < -0.39 is 12.1 Å². The zero-order valence-corrected chi connectivity index (χ0v) is 10.6. The van der Waals surface area contributed by atoms with E-state index in [4.69, 9.17) is 14.9 Å². The van der Waals surface area contributed by atoms with Gasteiger partial charge in [0.15, 0.2) is 0 Å². The predicted octanol–water partition coefficient (Wildman–Crippen LogP) is 0.724. The van der Waals surface area contributed by atoms with Crippen LogP contribution in [0.4, 0.5) is 0 Å². The highest BCUT2D eigenvalue weighted by Crippen LogP contribution is 1.84. The lowest BCUT2D eigenvalue weighted by Crippen LogP contribution is -2.18. The number of aliphatic hydroxyl groups excluding tert-OH is 2. The highest BCUT2D eigenvalue weighted by molar-refractivity contribution is 5.73. The Labute approximate surface area is 97.4 Å². The Bertz CT molecular complexity index is 156. The summed E-state index contributed by atoms with van der Waals surface area (Å²) in [7, 11) is 0. The molecule has 5 heteroatoms. The molecule has 0 aromatic heterocycles. The summed E-state index contributed by atoms with van der Waals surface area (Å²) < 4.78 is 9.41. The van der Waals surface area contributed by atoms with Gasteiger partial charge in [-0.05, 0) is 27.2 Å². The number of hydrogen-bond acceptors (Lipinski definition) is 5. The second-order valence-corrected chi connectivity index (χ2v) is 3.35. The fourth-order valence-electron chi connectivity index (χ4n) is 0.661. The summed E-state index contributed by atoms with van der Waals surface area (Å²) in [5, 5.41) is 17.1. The third-order valence-electron chi connectivity index (χ3n) is 1.34. The minimum atomic E-state index is -0.991. The SMILES string of the molecule is CCCOCC(C)O.CCOC(=O)C(C)O. The first-order valence-electron chi connectivity index (χ1n) is 5.56. The van der Waals surface area contributed by atoms with Crippen LogP contribution in [0.25, 0.3) is 0 Å². The molecule has 0 bridgehead atoms. The van der Waals surface area contributed by atoms with E-state index in [-0.39, 0.29) is 6.10 Å². The molecule has 0 rings (SSSR count). The average molecular weight is 236 g/mol. The number of carbonyl (C=O) groups is 1. The maximum Gasteiger partial charge on any atom is 0.334 e. The number of aliphatic hydroxyl groups is 2. The van der Waals surface area contributed by atoms with Gasteiger partial charge in [-0.1, -0.05) is 6.92 Å². The largest absolute Gasteiger partial charge is 0.464 e. The Hall–Kier alpha value is -0.650. The highest BCUT2D eigenvalue weighted by Gasteiger charge is 2.07. The molecule has 2 atom stereocenters. The van der Waals surface area contributed by atoms with Crippen LogP contribution in [0.15, 0.2) is 0 Å². The number of hydrogen-bond donors (Lipinski definition) is 2. The molecule has 0 saturated heterocycles. The van der Waals surface area contributed by atoms with Crippen LogP contribution in [0.1, 0.15) is 34.1 Å². The molecule has 0 saturated carbocycles. The van der Waals surface area contributed by atoms with Crippen molar-refractivity contribution in [3.05, 3.63) is 0 Å². The van der Waals surface area contributed by atoms with E-state index in [9.17, 15) is 4.79 Å². The molecule has 0 fully saturated rings. The topological polar surface area (TPSA) is 76.0 Å². The summed E-state index contributed by atoms with van der Waals surface area (Å²) in [6.45, 7) is 8.37. The van der Waals surface area contributed by atoms with Gasteiger partial charge in [-0.25, -0.2) is 4.79 Å². The van der Waals surface area contributed by atoms with Gasteiger partial charge in [-0.15, -0.1) is 0 Å². The average Bonchev–Trinajstić information content (AvgIpc) is 2.19. The fourth-order valence-corrected chi connectivity index (χ4v) is 0.661. The molecule has 0 amide bonds. The Kier molecular flexibility index (Phi) is 13.8. The van der Waals surface area contributed by atoms with Crippen molar-refractivity contribution >= 4 is 5.97 Å². The van der Waals surface area contributed by atoms with Crippen LogP contribution in [0.3, 0.4) is 0 Å². The van der Waals surface area contributed by atoms with Crippen LogP contribution in [-0.2, 0) is 14.3 Å². The standard InChI is InChI=1S/C6H14O2.C5H10O3/c1-3-4-8-5-6(2)7;1-3-8-5(7)4(2)6/h6-7H,3-5H2,1-2H3;4,6H,3H2,1-2H3. The van der Waals surface area contributed by atoms with Gasteiger partial charge in [0, 0.05) is 6.61 Å². The van der Waals surface area contributed by atoms with Crippen molar-refractivity contribution in [1.82, 2.24) is 0 Å². The lowest BCUT2D eigenvalue weighted by Gasteiger charge is -2.02. The quantitative estimate of drug-likeness (QED) is 0.525. The molecule has 0 heterocycles. The number of rotatable bonds is 6. The maximum absolute atomic E-state index is 10.3. The number of carbonyl (C=O) groups excluding carboxylic acids is 1. The Balaban J connectivity index is 0. The van der Waals surface area contributed by atoms with Gasteiger partial charge in [0.25, 0.3) is 0 Å². The summed E-state index contributed by atoms with van der Waals surface area (Å²) in [5.41, 5.74) is 0. The second-order valence-electron chi connectivity index (χ2n) is 3.35. The van der Waals surface area contributed by atoms with E-state index in [1.807, 2.05) is 6.92 Å². The molecule has 0 aliphatic carbocycles. The number of ether oxygens (including phenoxy) is 2. The van der Waals surface area contributed by atoms with Gasteiger partial charge < -0.3 is 19.7 Å². The minimum absolute atomic E-state index is 0.318. The van der Waals surface area contributed by atoms with E-state index >= 15 is 0 Å². The van der Waals surface area contributed by atoms with E-state index in [1.165, 1.54) is 6.92 Å². The summed E-state index contributed by atoms with van der Waals surface area (Å²) >= 11 is 0. The molecule has 2 unspecified atom stereocenters. The monoisotopic (exact) mass is 236 g/mol. The van der Waals surface area contributed by atoms with E-state index in [0.29, 0.717) is 13.2 Å². The molecule has 16 heavy (non-hydrogen) atoms. The smallest absolute Gasteiger partial charge is 0.334 e. The highest BCUT2D eigenvalue weighted by atomic mass is 16.5. The van der Waals surface area contributed by atoms with Crippen LogP contribution in [0.5, 0.6) is 0 Å². The van der Waals surface area contributed by atoms with Crippen molar-refractivity contribution in [2.75, 3.05) is 19.8 Å². The second kappa shape index (κ2) is 12.4. The Morgan fingerprint density at radius 2 is 1.81 bits per heavy atom. The predicted molar refractivity (Wildman–Crippen MR) is 61.1 cm³/mol. The van der Waals surface area contributed by atoms with E-state index in [0.717, 1.165) is 13.0 Å². The van der Waals surface area contributed by atoms with Gasteiger partial charge in [0.2, 0.25) is 0 Å². The summed E-state index contributed by atoms with van der Waals surface area (Å²) in [5.74, 6) is -0.562. The van der Waals surface area contributed by atoms with Crippen LogP contribution >= 0.6 is 0 Å². The summed E-state index contributed by atoms with van der Waals surface area (Å²) in [6, 6.07) is 0.